The van der Waals surface area contributed by atoms with Crippen LogP contribution in [0.4, 0.5) is 13.2 Å². The maximum atomic E-state index is 12.6. The molecule has 1 aromatic heterocycles. The summed E-state index contributed by atoms with van der Waals surface area (Å²) in [5.74, 6) is 0.552. The van der Waals surface area contributed by atoms with Gasteiger partial charge in [-0.3, -0.25) is 4.79 Å². The van der Waals surface area contributed by atoms with Gasteiger partial charge in [0.15, 0.2) is 0 Å². The van der Waals surface area contributed by atoms with Crippen LogP contribution in [0.3, 0.4) is 0 Å². The Labute approximate surface area is 136 Å². The zero-order valence-electron chi connectivity index (χ0n) is 13.0. The van der Waals surface area contributed by atoms with Crippen LogP contribution in [-0.2, 0) is 17.5 Å². The van der Waals surface area contributed by atoms with Crippen molar-refractivity contribution >= 4 is 5.91 Å². The zero-order valence-corrected chi connectivity index (χ0v) is 13.0. The van der Waals surface area contributed by atoms with Crippen LogP contribution < -0.4 is 5.32 Å². The lowest BCUT2D eigenvalue weighted by atomic mass is 10.1. The molecule has 0 bridgehead atoms. The largest absolute Gasteiger partial charge is 0.416 e. The van der Waals surface area contributed by atoms with E-state index in [9.17, 15) is 18.0 Å². The molecule has 0 aliphatic heterocycles. The van der Waals surface area contributed by atoms with E-state index < -0.39 is 11.7 Å². The second-order valence-electron chi connectivity index (χ2n) is 5.93. The molecule has 2 unspecified atom stereocenters. The molecule has 0 spiro atoms. The Morgan fingerprint density at radius 2 is 2.04 bits per heavy atom. The molecule has 1 fully saturated rings. The van der Waals surface area contributed by atoms with Crippen molar-refractivity contribution in [2.24, 2.45) is 5.92 Å². The van der Waals surface area contributed by atoms with E-state index in [0.717, 1.165) is 23.5 Å². The number of hydrogen-bond acceptors (Lipinski definition) is 3. The van der Waals surface area contributed by atoms with E-state index in [1.165, 1.54) is 12.1 Å². The highest BCUT2D eigenvalue weighted by Gasteiger charge is 2.44. The minimum Gasteiger partial charge on any atom is -0.354 e. The molecule has 5 nitrogen and oxygen atoms in total. The number of amides is 1. The lowest BCUT2D eigenvalue weighted by Gasteiger charge is -2.08. The van der Waals surface area contributed by atoms with Crippen molar-refractivity contribution in [3.05, 3.63) is 47.5 Å². The van der Waals surface area contributed by atoms with E-state index in [1.54, 1.807) is 6.33 Å². The average molecular weight is 338 g/mol. The average Bonchev–Trinajstić information content (AvgIpc) is 3.24. The van der Waals surface area contributed by atoms with Crippen molar-refractivity contribution in [2.75, 3.05) is 6.54 Å². The molecular weight excluding hydrogens is 321 g/mol. The third kappa shape index (κ3) is 3.58. The van der Waals surface area contributed by atoms with Gasteiger partial charge in [-0.2, -0.15) is 13.2 Å². The molecule has 0 saturated heterocycles. The summed E-state index contributed by atoms with van der Waals surface area (Å²) in [5, 5.41) is 10.5. The summed E-state index contributed by atoms with van der Waals surface area (Å²) in [4.78, 5) is 12.1. The Morgan fingerprint density at radius 3 is 2.62 bits per heavy atom. The van der Waals surface area contributed by atoms with Gasteiger partial charge in [0.25, 0.3) is 0 Å². The van der Waals surface area contributed by atoms with Crippen LogP contribution >= 0.6 is 0 Å². The molecule has 24 heavy (non-hydrogen) atoms. The Bertz CT molecular complexity index is 724. The Kier molecular flexibility index (Phi) is 4.29. The third-order valence-corrected chi connectivity index (χ3v) is 4.25. The maximum absolute atomic E-state index is 12.6. The molecule has 2 aromatic rings. The summed E-state index contributed by atoms with van der Waals surface area (Å²) in [7, 11) is 0. The second-order valence-corrected chi connectivity index (χ2v) is 5.93. The molecular formula is C16H17F3N4O. The number of hydrogen-bond donors (Lipinski definition) is 1. The van der Waals surface area contributed by atoms with Crippen molar-refractivity contribution in [3.8, 4) is 0 Å². The van der Waals surface area contributed by atoms with Gasteiger partial charge in [-0.25, -0.2) is 0 Å². The van der Waals surface area contributed by atoms with E-state index in [1.807, 2.05) is 11.5 Å². The topological polar surface area (TPSA) is 59.8 Å². The van der Waals surface area contributed by atoms with Crippen LogP contribution in [0.25, 0.3) is 0 Å². The monoisotopic (exact) mass is 338 g/mol. The number of benzene rings is 1. The van der Waals surface area contributed by atoms with Gasteiger partial charge in [-0.05, 0) is 37.0 Å². The first-order valence-corrected chi connectivity index (χ1v) is 7.65. The molecule has 3 rings (SSSR count). The first-order valence-electron chi connectivity index (χ1n) is 7.65. The van der Waals surface area contributed by atoms with Gasteiger partial charge in [0.1, 0.15) is 12.2 Å². The number of aromatic nitrogens is 3. The fourth-order valence-corrected chi connectivity index (χ4v) is 2.74. The number of carbonyl (C=O) groups is 1. The van der Waals surface area contributed by atoms with Gasteiger partial charge < -0.3 is 9.88 Å². The standard InChI is InChI=1S/C16H17F3N4O/c1-10-22-21-9-23(10)7-6-20-15(24)14-8-13(14)11-2-4-12(5-3-11)16(17,18)19/h2-5,9,13-14H,6-8H2,1H3,(H,20,24). The van der Waals surface area contributed by atoms with E-state index in [0.29, 0.717) is 19.5 Å². The van der Waals surface area contributed by atoms with Crippen LogP contribution in [-0.4, -0.2) is 27.2 Å². The van der Waals surface area contributed by atoms with E-state index >= 15 is 0 Å². The third-order valence-electron chi connectivity index (χ3n) is 4.25. The number of nitrogens with one attached hydrogen (secondary N) is 1. The maximum Gasteiger partial charge on any atom is 0.416 e. The van der Waals surface area contributed by atoms with Crippen molar-refractivity contribution in [2.45, 2.75) is 32.0 Å². The van der Waals surface area contributed by atoms with Crippen LogP contribution in [0.5, 0.6) is 0 Å². The molecule has 1 aliphatic rings. The summed E-state index contributed by atoms with van der Waals surface area (Å²) in [6.07, 6.45) is -2.06. The summed E-state index contributed by atoms with van der Waals surface area (Å²) < 4.78 is 39.5. The highest BCUT2D eigenvalue weighted by molar-refractivity contribution is 5.82. The SMILES string of the molecule is Cc1nncn1CCNC(=O)C1CC1c1ccc(C(F)(F)F)cc1. The highest BCUT2D eigenvalue weighted by Crippen LogP contribution is 2.47. The number of carbonyl (C=O) groups excluding carboxylic acids is 1. The number of alkyl halides is 3. The first-order chi connectivity index (χ1) is 11.4. The molecule has 0 radical (unpaired) electrons. The molecule has 1 N–H and O–H groups in total. The number of halogens is 3. The Balaban J connectivity index is 1.49. The summed E-state index contributed by atoms with van der Waals surface area (Å²) in [6.45, 7) is 2.88. The smallest absolute Gasteiger partial charge is 0.354 e. The zero-order chi connectivity index (χ0) is 17.3. The molecule has 1 aliphatic carbocycles. The molecule has 1 aromatic carbocycles. The predicted octanol–water partition coefficient (Wildman–Crippen LogP) is 2.53. The fourth-order valence-electron chi connectivity index (χ4n) is 2.74. The summed E-state index contributed by atoms with van der Waals surface area (Å²) in [6, 6.07) is 5.05. The van der Waals surface area contributed by atoms with Crippen LogP contribution in [0.2, 0.25) is 0 Å². The van der Waals surface area contributed by atoms with Crippen LogP contribution in [0.15, 0.2) is 30.6 Å². The summed E-state index contributed by atoms with van der Waals surface area (Å²) >= 11 is 0. The van der Waals surface area contributed by atoms with Gasteiger partial charge in [0.2, 0.25) is 5.91 Å². The lowest BCUT2D eigenvalue weighted by molar-refractivity contribution is -0.137. The molecule has 1 heterocycles. The van der Waals surface area contributed by atoms with Gasteiger partial charge in [0, 0.05) is 19.0 Å². The first kappa shape index (κ1) is 16.5. The Morgan fingerprint density at radius 1 is 1.33 bits per heavy atom. The molecule has 1 saturated carbocycles. The fraction of sp³-hybridized carbons (Fsp3) is 0.438. The minimum absolute atomic E-state index is 0.00364. The van der Waals surface area contributed by atoms with Gasteiger partial charge in [-0.15, -0.1) is 10.2 Å². The van der Waals surface area contributed by atoms with E-state index in [2.05, 4.69) is 15.5 Å². The molecule has 2 atom stereocenters. The summed E-state index contributed by atoms with van der Waals surface area (Å²) in [5.41, 5.74) is 0.106. The van der Waals surface area contributed by atoms with Crippen molar-refractivity contribution in [3.63, 3.8) is 0 Å². The number of rotatable bonds is 5. The number of aryl methyl sites for hydroxylation is 1. The van der Waals surface area contributed by atoms with Gasteiger partial charge >= 0.3 is 6.18 Å². The second kappa shape index (κ2) is 6.26. The molecule has 8 heteroatoms. The quantitative estimate of drug-likeness (QED) is 0.911. The van der Waals surface area contributed by atoms with E-state index in [4.69, 9.17) is 0 Å². The van der Waals surface area contributed by atoms with Crippen molar-refractivity contribution in [1.82, 2.24) is 20.1 Å². The highest BCUT2D eigenvalue weighted by atomic mass is 19.4. The van der Waals surface area contributed by atoms with Gasteiger partial charge in [-0.1, -0.05) is 12.1 Å². The molecule has 1 amide bonds. The number of nitrogens with zero attached hydrogens (tertiary/aromatic N) is 3. The van der Waals surface area contributed by atoms with Crippen LogP contribution in [0, 0.1) is 12.8 Å². The van der Waals surface area contributed by atoms with Crippen molar-refractivity contribution in [1.29, 1.82) is 0 Å². The van der Waals surface area contributed by atoms with Crippen LogP contribution in [0.1, 0.15) is 29.3 Å². The molecule has 128 valence electrons. The van der Waals surface area contributed by atoms with Crippen molar-refractivity contribution < 1.29 is 18.0 Å². The minimum atomic E-state index is -4.33. The normalized spacial score (nSPS) is 20.0. The van der Waals surface area contributed by atoms with E-state index in [-0.39, 0.29) is 17.7 Å². The van der Waals surface area contributed by atoms with Gasteiger partial charge in [0.05, 0.1) is 5.56 Å². The lowest BCUT2D eigenvalue weighted by Crippen LogP contribution is -2.29. The Hall–Kier alpha value is -2.38. The predicted molar refractivity (Wildman–Crippen MR) is 80.1 cm³/mol.